The Morgan fingerprint density at radius 1 is 1.11 bits per heavy atom. The zero-order valence-electron chi connectivity index (χ0n) is 17.0. The first-order valence-corrected chi connectivity index (χ1v) is 10.8. The third-order valence-corrected chi connectivity index (χ3v) is 9.79. The van der Waals surface area contributed by atoms with Crippen LogP contribution in [0.3, 0.4) is 0 Å². The summed E-state index contributed by atoms with van der Waals surface area (Å²) in [5.74, 6) is 0.804. The number of hydrogen-bond acceptors (Lipinski definition) is 5. The van der Waals surface area contributed by atoms with Gasteiger partial charge in [-0.15, -0.1) is 0 Å². The molecular weight excluding hydrogens is 344 g/mol. The average molecular weight is 381 g/mol. The fraction of sp³-hybridized carbons (Fsp3) is 0.955. The van der Waals surface area contributed by atoms with Gasteiger partial charge in [0, 0.05) is 12.3 Å². The number of ether oxygens (including phenoxy) is 1. The Kier molecular flexibility index (Phi) is 4.49. The predicted molar refractivity (Wildman–Crippen MR) is 101 cm³/mol. The number of rotatable bonds is 3. The van der Waals surface area contributed by atoms with E-state index in [0.717, 1.165) is 44.9 Å². The number of esters is 1. The molecule has 4 saturated carbocycles. The molecule has 0 aromatic rings. The molecule has 5 nitrogen and oxygen atoms in total. The van der Waals surface area contributed by atoms with Crippen LogP contribution in [0.1, 0.15) is 72.1 Å². The Bertz CT molecular complexity index is 622. The van der Waals surface area contributed by atoms with Crippen LogP contribution in [0, 0.1) is 34.0 Å². The molecule has 3 N–H and O–H groups in total. The number of aliphatic hydroxyl groups excluding tert-OH is 2. The second-order valence-electron chi connectivity index (χ2n) is 10.6. The van der Waals surface area contributed by atoms with Crippen LogP contribution in [-0.4, -0.2) is 46.2 Å². The molecule has 0 saturated heterocycles. The predicted octanol–water partition coefficient (Wildman–Crippen LogP) is 2.66. The smallest absolute Gasteiger partial charge is 0.302 e. The van der Waals surface area contributed by atoms with Crippen molar-refractivity contribution in [2.75, 3.05) is 13.2 Å². The van der Waals surface area contributed by atoms with E-state index in [4.69, 9.17) is 4.74 Å². The first kappa shape index (κ1) is 19.7. The van der Waals surface area contributed by atoms with Gasteiger partial charge >= 0.3 is 5.97 Å². The van der Waals surface area contributed by atoms with Crippen molar-refractivity contribution in [2.45, 2.75) is 83.8 Å². The van der Waals surface area contributed by atoms with Crippen LogP contribution in [0.5, 0.6) is 0 Å². The summed E-state index contributed by atoms with van der Waals surface area (Å²) in [6.07, 6.45) is 7.09. The van der Waals surface area contributed by atoms with Crippen molar-refractivity contribution < 1.29 is 24.9 Å². The van der Waals surface area contributed by atoms with Gasteiger partial charge in [-0.05, 0) is 80.0 Å². The lowest BCUT2D eigenvalue weighted by molar-refractivity contribution is -0.220. The van der Waals surface area contributed by atoms with Gasteiger partial charge in [0.2, 0.25) is 0 Å². The van der Waals surface area contributed by atoms with E-state index in [-0.39, 0.29) is 35.9 Å². The van der Waals surface area contributed by atoms with Crippen molar-refractivity contribution >= 4 is 5.97 Å². The Labute approximate surface area is 162 Å². The minimum Gasteiger partial charge on any atom is -0.465 e. The minimum absolute atomic E-state index is 0.0789. The molecule has 0 aromatic carbocycles. The average Bonchev–Trinajstić information content (AvgIpc) is 2.98. The zero-order valence-corrected chi connectivity index (χ0v) is 17.0. The Hall–Kier alpha value is -0.650. The monoisotopic (exact) mass is 380 g/mol. The third kappa shape index (κ3) is 2.50. The highest BCUT2D eigenvalue weighted by Crippen LogP contribution is 2.75. The van der Waals surface area contributed by atoms with Gasteiger partial charge in [0.05, 0.1) is 24.9 Å². The summed E-state index contributed by atoms with van der Waals surface area (Å²) in [6, 6.07) is 0. The van der Waals surface area contributed by atoms with E-state index in [1.807, 2.05) is 0 Å². The quantitative estimate of drug-likeness (QED) is 0.655. The molecule has 8 unspecified atom stereocenters. The van der Waals surface area contributed by atoms with Gasteiger partial charge in [0.1, 0.15) is 0 Å². The summed E-state index contributed by atoms with van der Waals surface area (Å²) >= 11 is 0. The standard InChI is InChI=1S/C22H36O5/c1-14(24)27-13-19(2)17-5-4-15-10-16-11-21(15,8-9-22(16,26)12-23)20(17,3)7-6-18(19)25/h15-18,23,25-26H,4-13H2,1-3H3. The topological polar surface area (TPSA) is 87.0 Å². The fourth-order valence-electron chi connectivity index (χ4n) is 8.17. The van der Waals surface area contributed by atoms with Crippen molar-refractivity contribution in [3.8, 4) is 0 Å². The third-order valence-electron chi connectivity index (χ3n) is 9.79. The maximum absolute atomic E-state index is 11.5. The molecule has 2 bridgehead atoms. The van der Waals surface area contributed by atoms with Crippen LogP contribution in [0.15, 0.2) is 0 Å². The Balaban J connectivity index is 1.69. The number of hydrogen-bond donors (Lipinski definition) is 3. The molecule has 0 aliphatic heterocycles. The molecular formula is C22H36O5. The lowest BCUT2D eigenvalue weighted by atomic mass is 9.39. The molecule has 4 fully saturated rings. The van der Waals surface area contributed by atoms with E-state index in [2.05, 4.69) is 13.8 Å². The highest BCUT2D eigenvalue weighted by molar-refractivity contribution is 5.65. The number of fused-ring (bicyclic) bond motifs is 2. The van der Waals surface area contributed by atoms with Crippen molar-refractivity contribution in [3.05, 3.63) is 0 Å². The fourth-order valence-corrected chi connectivity index (χ4v) is 8.17. The Morgan fingerprint density at radius 3 is 2.52 bits per heavy atom. The van der Waals surface area contributed by atoms with Gasteiger partial charge in [-0.2, -0.15) is 0 Å². The van der Waals surface area contributed by atoms with Gasteiger partial charge in [-0.1, -0.05) is 13.8 Å². The normalized spacial score (nSPS) is 54.1. The molecule has 0 radical (unpaired) electrons. The van der Waals surface area contributed by atoms with Gasteiger partial charge in [0.25, 0.3) is 0 Å². The highest BCUT2D eigenvalue weighted by atomic mass is 16.5. The summed E-state index contributed by atoms with van der Waals surface area (Å²) < 4.78 is 5.44. The summed E-state index contributed by atoms with van der Waals surface area (Å²) in [6.45, 7) is 6.11. The van der Waals surface area contributed by atoms with Crippen LogP contribution < -0.4 is 0 Å². The zero-order chi connectivity index (χ0) is 19.7. The molecule has 154 valence electrons. The molecule has 4 rings (SSSR count). The van der Waals surface area contributed by atoms with E-state index >= 15 is 0 Å². The van der Waals surface area contributed by atoms with Crippen LogP contribution in [-0.2, 0) is 9.53 Å². The minimum atomic E-state index is -0.913. The van der Waals surface area contributed by atoms with Crippen molar-refractivity contribution in [3.63, 3.8) is 0 Å². The molecule has 0 heterocycles. The molecule has 0 amide bonds. The molecule has 5 heteroatoms. The first-order valence-electron chi connectivity index (χ1n) is 10.8. The highest BCUT2D eigenvalue weighted by Gasteiger charge is 2.70. The second kappa shape index (κ2) is 6.17. The number of carbonyl (C=O) groups excluding carboxylic acids is 1. The maximum atomic E-state index is 11.5. The largest absolute Gasteiger partial charge is 0.465 e. The molecule has 0 aromatic heterocycles. The van der Waals surface area contributed by atoms with Gasteiger partial charge in [-0.25, -0.2) is 0 Å². The lowest BCUT2D eigenvalue weighted by Gasteiger charge is -2.66. The van der Waals surface area contributed by atoms with E-state index in [0.29, 0.717) is 18.3 Å². The van der Waals surface area contributed by atoms with Crippen LogP contribution >= 0.6 is 0 Å². The summed E-state index contributed by atoms with van der Waals surface area (Å²) in [7, 11) is 0. The van der Waals surface area contributed by atoms with Crippen molar-refractivity contribution in [2.24, 2.45) is 34.0 Å². The summed E-state index contributed by atoms with van der Waals surface area (Å²) in [4.78, 5) is 11.5. The Morgan fingerprint density at radius 2 is 1.85 bits per heavy atom. The van der Waals surface area contributed by atoms with Crippen LogP contribution in [0.4, 0.5) is 0 Å². The number of carbonyl (C=O) groups is 1. The molecule has 4 aliphatic rings. The van der Waals surface area contributed by atoms with E-state index < -0.39 is 17.1 Å². The van der Waals surface area contributed by atoms with Gasteiger partial charge < -0.3 is 20.1 Å². The number of aliphatic hydroxyl groups is 3. The van der Waals surface area contributed by atoms with Crippen LogP contribution in [0.25, 0.3) is 0 Å². The van der Waals surface area contributed by atoms with E-state index in [9.17, 15) is 20.1 Å². The second-order valence-corrected chi connectivity index (χ2v) is 10.6. The molecule has 4 aliphatic carbocycles. The van der Waals surface area contributed by atoms with Crippen LogP contribution in [0.2, 0.25) is 0 Å². The summed E-state index contributed by atoms with van der Waals surface area (Å²) in [5, 5.41) is 31.7. The lowest BCUT2D eigenvalue weighted by Crippen LogP contribution is -2.63. The first-order chi connectivity index (χ1) is 12.6. The van der Waals surface area contributed by atoms with Crippen molar-refractivity contribution in [1.29, 1.82) is 0 Å². The maximum Gasteiger partial charge on any atom is 0.302 e. The van der Waals surface area contributed by atoms with Gasteiger partial charge in [-0.3, -0.25) is 4.79 Å². The molecule has 27 heavy (non-hydrogen) atoms. The van der Waals surface area contributed by atoms with Gasteiger partial charge in [0.15, 0.2) is 0 Å². The van der Waals surface area contributed by atoms with E-state index in [1.54, 1.807) is 0 Å². The van der Waals surface area contributed by atoms with E-state index in [1.165, 1.54) is 6.92 Å². The van der Waals surface area contributed by atoms with Crippen molar-refractivity contribution in [1.82, 2.24) is 0 Å². The molecule has 8 atom stereocenters. The SMILES string of the molecule is CC(=O)OCC1(C)C(O)CCC2(C)C1CCC1CC3CC12CCC3(O)CO. The molecule has 1 spiro atoms. The summed E-state index contributed by atoms with van der Waals surface area (Å²) in [5.41, 5.74) is -1.07.